The van der Waals surface area contributed by atoms with E-state index >= 15 is 0 Å². The normalized spacial score (nSPS) is 50.3. The first kappa shape index (κ1) is 19.1. The number of fused-ring (bicyclic) bond motifs is 5. The van der Waals surface area contributed by atoms with Crippen LogP contribution in [0, 0.1) is 45.8 Å². The van der Waals surface area contributed by atoms with Gasteiger partial charge in [0.15, 0.2) is 0 Å². The number of hydrogen-bond acceptors (Lipinski definition) is 0. The van der Waals surface area contributed by atoms with Crippen LogP contribution in [0.3, 0.4) is 0 Å². The van der Waals surface area contributed by atoms with Crippen LogP contribution in [-0.2, 0) is 0 Å². The van der Waals surface area contributed by atoms with Gasteiger partial charge >= 0.3 is 0 Å². The summed E-state index contributed by atoms with van der Waals surface area (Å²) >= 11 is 0. The fraction of sp³-hybridized carbons (Fsp3) is 0.923. The summed E-state index contributed by atoms with van der Waals surface area (Å²) in [4.78, 5) is 0. The van der Waals surface area contributed by atoms with Crippen molar-refractivity contribution >= 4 is 0 Å². The predicted molar refractivity (Wildman–Crippen MR) is 113 cm³/mol. The molecular formula is C26H44. The second-order valence-corrected chi connectivity index (χ2v) is 12.0. The first-order valence-corrected chi connectivity index (χ1v) is 11.9. The van der Waals surface area contributed by atoms with Gasteiger partial charge in [-0.25, -0.2) is 0 Å². The standard InChI is InChI=1S/C26H44/c1-7-26-17-16-24(4,5)14-12-19(26)8-9-20-22-11-10-21(18(2)3)25(22,6)15-13-23(20)26/h19-23H,2,7-17H2,1,3-6H3. The molecule has 4 saturated carbocycles. The van der Waals surface area contributed by atoms with Crippen LogP contribution in [0.4, 0.5) is 0 Å². The third-order valence-electron chi connectivity index (χ3n) is 10.5. The summed E-state index contributed by atoms with van der Waals surface area (Å²) in [6.45, 7) is 17.0. The lowest BCUT2D eigenvalue weighted by molar-refractivity contribution is -0.107. The van der Waals surface area contributed by atoms with Crippen molar-refractivity contribution in [3.8, 4) is 0 Å². The van der Waals surface area contributed by atoms with Gasteiger partial charge in [0.1, 0.15) is 0 Å². The van der Waals surface area contributed by atoms with Gasteiger partial charge in [-0.1, -0.05) is 39.8 Å². The molecule has 0 spiro atoms. The fourth-order valence-corrected chi connectivity index (χ4v) is 9.01. The van der Waals surface area contributed by atoms with Crippen LogP contribution < -0.4 is 0 Å². The van der Waals surface area contributed by atoms with Crippen molar-refractivity contribution in [3.63, 3.8) is 0 Å². The van der Waals surface area contributed by atoms with Gasteiger partial charge in [-0.05, 0) is 123 Å². The molecule has 0 heteroatoms. The molecule has 7 unspecified atom stereocenters. The maximum Gasteiger partial charge on any atom is -0.0152 e. The van der Waals surface area contributed by atoms with Crippen LogP contribution in [0.1, 0.15) is 105 Å². The number of hydrogen-bond donors (Lipinski definition) is 0. The van der Waals surface area contributed by atoms with E-state index in [0.29, 0.717) is 16.2 Å². The number of rotatable bonds is 2. The lowest BCUT2D eigenvalue weighted by Gasteiger charge is -2.60. The van der Waals surface area contributed by atoms with E-state index < -0.39 is 0 Å². The molecule has 0 aromatic carbocycles. The molecule has 4 rings (SSSR count). The fourth-order valence-electron chi connectivity index (χ4n) is 9.01. The Morgan fingerprint density at radius 2 is 1.62 bits per heavy atom. The molecule has 4 aliphatic rings. The monoisotopic (exact) mass is 356 g/mol. The highest BCUT2D eigenvalue weighted by molar-refractivity contribution is 5.15. The first-order valence-electron chi connectivity index (χ1n) is 11.9. The highest BCUT2D eigenvalue weighted by Crippen LogP contribution is 2.69. The van der Waals surface area contributed by atoms with Crippen LogP contribution >= 0.6 is 0 Å². The van der Waals surface area contributed by atoms with E-state index in [9.17, 15) is 0 Å². The lowest BCUT2D eigenvalue weighted by atomic mass is 9.45. The highest BCUT2D eigenvalue weighted by atomic mass is 14.6. The van der Waals surface area contributed by atoms with E-state index in [1.165, 1.54) is 69.8 Å². The molecule has 7 atom stereocenters. The third-order valence-corrected chi connectivity index (χ3v) is 10.5. The zero-order valence-electron chi connectivity index (χ0n) is 18.4. The minimum atomic E-state index is 0.568. The summed E-state index contributed by atoms with van der Waals surface area (Å²) in [6.07, 6.45) is 16.4. The van der Waals surface area contributed by atoms with Crippen molar-refractivity contribution in [1.82, 2.24) is 0 Å². The van der Waals surface area contributed by atoms with E-state index in [-0.39, 0.29) is 0 Å². The van der Waals surface area contributed by atoms with Gasteiger partial charge in [0.25, 0.3) is 0 Å². The maximum absolute atomic E-state index is 4.40. The molecule has 26 heavy (non-hydrogen) atoms. The molecule has 0 saturated heterocycles. The summed E-state index contributed by atoms with van der Waals surface area (Å²) in [5.74, 6) is 4.87. The van der Waals surface area contributed by atoms with Gasteiger partial charge in [0.2, 0.25) is 0 Å². The van der Waals surface area contributed by atoms with Crippen LogP contribution in [0.5, 0.6) is 0 Å². The summed E-state index contributed by atoms with van der Waals surface area (Å²) in [7, 11) is 0. The van der Waals surface area contributed by atoms with Crippen LogP contribution in [0.25, 0.3) is 0 Å². The van der Waals surface area contributed by atoms with E-state index in [4.69, 9.17) is 0 Å². The molecule has 0 nitrogen and oxygen atoms in total. The average molecular weight is 357 g/mol. The van der Waals surface area contributed by atoms with Gasteiger partial charge in [0, 0.05) is 0 Å². The second kappa shape index (κ2) is 6.38. The molecule has 0 amide bonds. The van der Waals surface area contributed by atoms with Gasteiger partial charge in [0.05, 0.1) is 0 Å². The molecular weight excluding hydrogens is 312 g/mol. The summed E-state index contributed by atoms with van der Waals surface area (Å²) < 4.78 is 0. The minimum Gasteiger partial charge on any atom is -0.0998 e. The SMILES string of the molecule is C=C(C)C1CCC2C3CCC4CCC(C)(C)CCC4(CC)C3CCC12C. The first-order chi connectivity index (χ1) is 12.2. The lowest BCUT2D eigenvalue weighted by Crippen LogP contribution is -2.52. The van der Waals surface area contributed by atoms with E-state index in [0.717, 1.165) is 29.6 Å². The molecule has 0 N–H and O–H groups in total. The predicted octanol–water partition coefficient (Wildman–Crippen LogP) is 8.03. The molecule has 0 bridgehead atoms. The Bertz CT molecular complexity index is 556. The molecule has 0 aromatic rings. The molecule has 0 aliphatic heterocycles. The Labute approximate surface area is 163 Å². The maximum atomic E-state index is 4.40. The van der Waals surface area contributed by atoms with Gasteiger partial charge in [-0.2, -0.15) is 0 Å². The van der Waals surface area contributed by atoms with Crippen molar-refractivity contribution in [2.45, 2.75) is 105 Å². The molecule has 0 heterocycles. The number of allylic oxidation sites excluding steroid dienone is 1. The van der Waals surface area contributed by atoms with Crippen LogP contribution in [0.2, 0.25) is 0 Å². The van der Waals surface area contributed by atoms with Crippen LogP contribution in [0.15, 0.2) is 12.2 Å². The Balaban J connectivity index is 1.65. The zero-order valence-corrected chi connectivity index (χ0v) is 18.4. The molecule has 4 aliphatic carbocycles. The Morgan fingerprint density at radius 3 is 2.31 bits per heavy atom. The molecule has 0 aromatic heterocycles. The third kappa shape index (κ3) is 2.68. The average Bonchev–Trinajstić information content (AvgIpc) is 2.88. The molecule has 148 valence electrons. The van der Waals surface area contributed by atoms with Gasteiger partial charge < -0.3 is 0 Å². The highest BCUT2D eigenvalue weighted by Gasteiger charge is 2.60. The van der Waals surface area contributed by atoms with Gasteiger partial charge in [-0.3, -0.25) is 0 Å². The Kier molecular flexibility index (Phi) is 4.68. The topological polar surface area (TPSA) is 0 Å². The Morgan fingerprint density at radius 1 is 0.846 bits per heavy atom. The van der Waals surface area contributed by atoms with Crippen molar-refractivity contribution in [2.24, 2.45) is 45.8 Å². The molecule has 4 fully saturated rings. The molecule has 0 radical (unpaired) electrons. The smallest absolute Gasteiger partial charge is 0.0152 e. The summed E-state index contributed by atoms with van der Waals surface area (Å²) in [6, 6.07) is 0. The zero-order chi connectivity index (χ0) is 18.7. The summed E-state index contributed by atoms with van der Waals surface area (Å²) in [5, 5.41) is 0. The van der Waals surface area contributed by atoms with Crippen molar-refractivity contribution < 1.29 is 0 Å². The van der Waals surface area contributed by atoms with Crippen LogP contribution in [-0.4, -0.2) is 0 Å². The largest absolute Gasteiger partial charge is 0.0998 e. The summed E-state index contributed by atoms with van der Waals surface area (Å²) in [5.41, 5.74) is 3.30. The van der Waals surface area contributed by atoms with Crippen molar-refractivity contribution in [2.75, 3.05) is 0 Å². The Hall–Kier alpha value is -0.260. The second-order valence-electron chi connectivity index (χ2n) is 12.0. The van der Waals surface area contributed by atoms with E-state index in [2.05, 4.69) is 41.2 Å². The van der Waals surface area contributed by atoms with E-state index in [1.54, 1.807) is 6.42 Å². The van der Waals surface area contributed by atoms with E-state index in [1.807, 2.05) is 0 Å². The quantitative estimate of drug-likeness (QED) is 0.439. The van der Waals surface area contributed by atoms with Crippen molar-refractivity contribution in [1.29, 1.82) is 0 Å². The minimum absolute atomic E-state index is 0.568. The van der Waals surface area contributed by atoms with Gasteiger partial charge in [-0.15, -0.1) is 0 Å². The van der Waals surface area contributed by atoms with Crippen molar-refractivity contribution in [3.05, 3.63) is 12.2 Å².